The highest BCUT2D eigenvalue weighted by Gasteiger charge is 2.18. The zero-order valence-electron chi connectivity index (χ0n) is 15.4. The van der Waals surface area contributed by atoms with Gasteiger partial charge in [-0.05, 0) is 38.5 Å². The van der Waals surface area contributed by atoms with E-state index >= 15 is 0 Å². The van der Waals surface area contributed by atoms with Gasteiger partial charge in [-0.1, -0.05) is 24.3 Å². The lowest BCUT2D eigenvalue weighted by Gasteiger charge is -2.21. The van der Waals surface area contributed by atoms with Crippen LogP contribution >= 0.6 is 0 Å². The van der Waals surface area contributed by atoms with Gasteiger partial charge in [-0.3, -0.25) is 4.79 Å². The summed E-state index contributed by atoms with van der Waals surface area (Å²) in [5.74, 6) is -0.693. The summed E-state index contributed by atoms with van der Waals surface area (Å²) in [5, 5.41) is 8.78. The Bertz CT molecular complexity index is 1200. The van der Waals surface area contributed by atoms with E-state index in [9.17, 15) is 4.79 Å². The number of rotatable bonds is 2. The molecule has 4 rings (SSSR count). The van der Waals surface area contributed by atoms with Crippen LogP contribution in [0.4, 0.5) is 5.69 Å². The molecule has 7 heteroatoms. The minimum Gasteiger partial charge on any atom is -0.396 e. The van der Waals surface area contributed by atoms with Crippen LogP contribution in [-0.4, -0.2) is 25.7 Å². The van der Waals surface area contributed by atoms with E-state index in [1.165, 1.54) is 0 Å². The molecule has 27 heavy (non-hydrogen) atoms. The second kappa shape index (κ2) is 5.77. The summed E-state index contributed by atoms with van der Waals surface area (Å²) in [5.41, 5.74) is 16.0. The second-order valence-electron chi connectivity index (χ2n) is 7.52. The largest absolute Gasteiger partial charge is 0.396 e. The Kier molecular flexibility index (Phi) is 3.62. The average Bonchev–Trinajstić information content (AvgIpc) is 3.05. The summed E-state index contributed by atoms with van der Waals surface area (Å²) in [6.45, 7) is 6.42. The van der Waals surface area contributed by atoms with E-state index in [0.29, 0.717) is 10.9 Å². The fourth-order valence-electron chi connectivity index (χ4n) is 3.28. The Balaban J connectivity index is 1.92. The van der Waals surface area contributed by atoms with Crippen molar-refractivity contribution in [3.63, 3.8) is 0 Å². The minimum absolute atomic E-state index is 0.0148. The van der Waals surface area contributed by atoms with E-state index in [1.54, 1.807) is 0 Å². The molecule has 0 saturated carbocycles. The number of imidazole rings is 1. The van der Waals surface area contributed by atoms with Crippen LogP contribution < -0.4 is 11.5 Å². The van der Waals surface area contributed by atoms with Crippen molar-refractivity contribution in [2.45, 2.75) is 26.3 Å². The molecule has 4 N–H and O–H groups in total. The molecule has 2 heterocycles. The molecule has 2 aromatic heterocycles. The van der Waals surface area contributed by atoms with Crippen molar-refractivity contribution in [3.05, 3.63) is 48.4 Å². The molecule has 0 atom stereocenters. The van der Waals surface area contributed by atoms with Crippen LogP contribution in [-0.2, 0) is 5.54 Å². The average molecular weight is 360 g/mol. The zero-order chi connectivity index (χ0) is 19.3. The van der Waals surface area contributed by atoms with Gasteiger partial charge in [0.05, 0.1) is 23.0 Å². The highest BCUT2D eigenvalue weighted by Crippen LogP contribution is 2.32. The lowest BCUT2D eigenvalue weighted by molar-refractivity contribution is 0.0996. The predicted molar refractivity (Wildman–Crippen MR) is 106 cm³/mol. The molecule has 0 aliphatic rings. The summed E-state index contributed by atoms with van der Waals surface area (Å²) in [4.78, 5) is 16.0. The van der Waals surface area contributed by atoms with Gasteiger partial charge in [0.2, 0.25) is 0 Å². The van der Waals surface area contributed by atoms with Gasteiger partial charge >= 0.3 is 0 Å². The van der Waals surface area contributed by atoms with Crippen LogP contribution in [0.25, 0.3) is 33.1 Å². The highest BCUT2D eigenvalue weighted by atomic mass is 16.1. The Morgan fingerprint density at radius 1 is 1.11 bits per heavy atom. The van der Waals surface area contributed by atoms with E-state index in [-0.39, 0.29) is 16.9 Å². The molecular weight excluding hydrogens is 340 g/mol. The van der Waals surface area contributed by atoms with Crippen molar-refractivity contribution in [2.75, 3.05) is 5.73 Å². The summed E-state index contributed by atoms with van der Waals surface area (Å²) >= 11 is 0. The number of nitrogens with zero attached hydrogens (tertiary/aromatic N) is 4. The number of carbonyl (C=O) groups excluding carboxylic acids is 1. The Labute approximate surface area is 156 Å². The third kappa shape index (κ3) is 2.68. The molecule has 0 aliphatic heterocycles. The molecule has 136 valence electrons. The van der Waals surface area contributed by atoms with Gasteiger partial charge < -0.3 is 16.0 Å². The minimum atomic E-state index is -0.693. The number of primary amides is 1. The number of benzene rings is 2. The molecule has 1 amide bonds. The van der Waals surface area contributed by atoms with Crippen LogP contribution in [0.15, 0.2) is 42.7 Å². The normalized spacial score (nSPS) is 12.0. The molecule has 2 aromatic carbocycles. The zero-order valence-corrected chi connectivity index (χ0v) is 15.4. The maximum atomic E-state index is 11.5. The quantitative estimate of drug-likeness (QED) is 0.570. The second-order valence-corrected chi connectivity index (χ2v) is 7.52. The van der Waals surface area contributed by atoms with Crippen LogP contribution in [0, 0.1) is 0 Å². The summed E-state index contributed by atoms with van der Waals surface area (Å²) < 4.78 is 2.14. The maximum Gasteiger partial charge on any atom is 0.271 e. The molecule has 0 bridgehead atoms. The van der Waals surface area contributed by atoms with Crippen LogP contribution in [0.1, 0.15) is 31.3 Å². The van der Waals surface area contributed by atoms with Crippen molar-refractivity contribution < 1.29 is 4.79 Å². The van der Waals surface area contributed by atoms with E-state index in [4.69, 9.17) is 11.5 Å². The molecule has 0 fully saturated rings. The van der Waals surface area contributed by atoms with Crippen molar-refractivity contribution in [1.82, 2.24) is 19.7 Å². The first-order valence-electron chi connectivity index (χ1n) is 8.60. The highest BCUT2D eigenvalue weighted by molar-refractivity contribution is 6.07. The van der Waals surface area contributed by atoms with Gasteiger partial charge in [0, 0.05) is 16.5 Å². The lowest BCUT2D eigenvalue weighted by Crippen LogP contribution is -2.20. The van der Waals surface area contributed by atoms with Gasteiger partial charge in [0.25, 0.3) is 5.91 Å². The molecule has 0 aliphatic carbocycles. The van der Waals surface area contributed by atoms with Crippen molar-refractivity contribution in [1.29, 1.82) is 0 Å². The van der Waals surface area contributed by atoms with Crippen LogP contribution in [0.2, 0.25) is 0 Å². The van der Waals surface area contributed by atoms with E-state index in [2.05, 4.69) is 46.6 Å². The van der Waals surface area contributed by atoms with Crippen LogP contribution in [0.5, 0.6) is 0 Å². The molecule has 0 unspecified atom stereocenters. The van der Waals surface area contributed by atoms with Gasteiger partial charge in [-0.25, -0.2) is 4.98 Å². The fraction of sp³-hybridized carbons (Fsp3) is 0.200. The third-order valence-electron chi connectivity index (χ3n) is 4.65. The number of nitrogen functional groups attached to an aromatic ring is 1. The smallest absolute Gasteiger partial charge is 0.271 e. The number of fused-ring (bicyclic) bond motifs is 2. The standard InChI is InChI=1S/C20H20N6O/c1-20(2,3)26-10-23-14-9-11(7-8-15(14)26)12-5-4-6-13-16(21)18(19(22)27)25-24-17(12)13/h4-10H,1-3H3,(H2,21,24)(H2,22,27). The SMILES string of the molecule is CC(C)(C)n1cnc2cc(-c3cccc4c(N)c(C(N)=O)nnc34)ccc21. The lowest BCUT2D eigenvalue weighted by atomic mass is 10.0. The van der Waals surface area contributed by atoms with E-state index in [1.807, 2.05) is 36.7 Å². The monoisotopic (exact) mass is 360 g/mol. The van der Waals surface area contributed by atoms with E-state index in [0.717, 1.165) is 22.2 Å². The molecule has 0 radical (unpaired) electrons. The van der Waals surface area contributed by atoms with Gasteiger partial charge in [0.15, 0.2) is 5.69 Å². The Morgan fingerprint density at radius 3 is 2.59 bits per heavy atom. The first kappa shape index (κ1) is 17.0. The third-order valence-corrected chi connectivity index (χ3v) is 4.65. The number of nitrogens with two attached hydrogens (primary N) is 2. The summed E-state index contributed by atoms with van der Waals surface area (Å²) in [6.07, 6.45) is 1.86. The molecule has 0 saturated heterocycles. The first-order chi connectivity index (χ1) is 12.8. The van der Waals surface area contributed by atoms with Crippen molar-refractivity contribution >= 4 is 33.5 Å². The molecule has 7 nitrogen and oxygen atoms in total. The van der Waals surface area contributed by atoms with Gasteiger partial charge in [-0.2, -0.15) is 0 Å². The van der Waals surface area contributed by atoms with Gasteiger partial charge in [0.1, 0.15) is 5.52 Å². The topological polar surface area (TPSA) is 113 Å². The predicted octanol–water partition coefficient (Wildman–Crippen LogP) is 3.08. The Hall–Kier alpha value is -3.48. The van der Waals surface area contributed by atoms with Crippen molar-refractivity contribution in [3.8, 4) is 11.1 Å². The Morgan fingerprint density at radius 2 is 1.89 bits per heavy atom. The number of carbonyl (C=O) groups is 1. The fourth-order valence-corrected chi connectivity index (χ4v) is 3.28. The van der Waals surface area contributed by atoms with Crippen LogP contribution in [0.3, 0.4) is 0 Å². The van der Waals surface area contributed by atoms with Gasteiger partial charge in [-0.15, -0.1) is 10.2 Å². The summed E-state index contributed by atoms with van der Waals surface area (Å²) in [6, 6.07) is 11.7. The van der Waals surface area contributed by atoms with E-state index < -0.39 is 5.91 Å². The van der Waals surface area contributed by atoms with Crippen molar-refractivity contribution in [2.24, 2.45) is 5.73 Å². The molecular formula is C20H20N6O. The number of hydrogen-bond acceptors (Lipinski definition) is 5. The number of anilines is 1. The molecule has 0 spiro atoms. The number of amides is 1. The number of aromatic nitrogens is 4. The summed E-state index contributed by atoms with van der Waals surface area (Å²) in [7, 11) is 0. The first-order valence-corrected chi connectivity index (χ1v) is 8.60. The maximum absolute atomic E-state index is 11.5. The molecule has 4 aromatic rings. The number of hydrogen-bond donors (Lipinski definition) is 2.